The molecule has 0 rings (SSSR count). The van der Waals surface area contributed by atoms with Gasteiger partial charge in [0.25, 0.3) is 0 Å². The maximum Gasteiger partial charge on any atom is 0.673 e. The van der Waals surface area contributed by atoms with Gasteiger partial charge in [0.15, 0.2) is 0 Å². The van der Waals surface area contributed by atoms with E-state index < -0.39 is 14.5 Å². The number of hydrogen-bond acceptors (Lipinski definition) is 0. The lowest BCUT2D eigenvalue weighted by atomic mass is 9.99. The Morgan fingerprint density at radius 3 is 0.654 bits per heavy atom. The van der Waals surface area contributed by atoms with E-state index in [9.17, 15) is 17.3 Å². The van der Waals surface area contributed by atoms with E-state index in [1.807, 2.05) is 0 Å². The van der Waals surface area contributed by atoms with Gasteiger partial charge in [-0.2, -0.15) is 0 Å². The third-order valence-corrected chi connectivity index (χ3v) is 9.72. The van der Waals surface area contributed by atoms with Crippen molar-refractivity contribution in [2.24, 2.45) is 21.7 Å². The van der Waals surface area contributed by atoms with Gasteiger partial charge in [0, 0.05) is 7.26 Å². The molecule has 0 N–H and O–H groups in total. The van der Waals surface area contributed by atoms with E-state index in [1.54, 1.807) is 0 Å². The van der Waals surface area contributed by atoms with Crippen molar-refractivity contribution in [3.8, 4) is 0 Å². The highest BCUT2D eigenvalue weighted by atomic mass is 31.2. The molecule has 0 fully saturated rings. The van der Waals surface area contributed by atoms with E-state index in [0.29, 0.717) is 21.7 Å². The van der Waals surface area contributed by atoms with Crippen molar-refractivity contribution >= 4 is 14.5 Å². The molecular formula is C20H44BF4P. The predicted octanol–water partition coefficient (Wildman–Crippen LogP) is 8.49. The molecule has 6 heteroatoms. The molecule has 0 saturated heterocycles. The molecule has 0 aromatic carbocycles. The summed E-state index contributed by atoms with van der Waals surface area (Å²) >= 11 is 0. The minimum atomic E-state index is -6.00. The summed E-state index contributed by atoms with van der Waals surface area (Å²) in [5.41, 5.74) is 1.76. The van der Waals surface area contributed by atoms with E-state index in [1.165, 1.54) is 24.6 Å². The minimum Gasteiger partial charge on any atom is -0.418 e. The van der Waals surface area contributed by atoms with Gasteiger partial charge in [-0.1, -0.05) is 83.1 Å². The molecule has 0 aliphatic carbocycles. The van der Waals surface area contributed by atoms with Crippen molar-refractivity contribution in [3.63, 3.8) is 0 Å². The average molecular weight is 402 g/mol. The van der Waals surface area contributed by atoms with Gasteiger partial charge in [-0.3, -0.25) is 0 Å². The normalized spacial score (nSPS) is 14.8. The third-order valence-electron chi connectivity index (χ3n) is 3.24. The fourth-order valence-electron chi connectivity index (χ4n) is 4.36. The second-order valence-corrected chi connectivity index (χ2v) is 16.7. The quantitative estimate of drug-likeness (QED) is 0.251. The molecule has 0 saturated carbocycles. The zero-order chi connectivity index (χ0) is 21.8. The van der Waals surface area contributed by atoms with Crippen molar-refractivity contribution in [1.29, 1.82) is 0 Å². The predicted molar refractivity (Wildman–Crippen MR) is 114 cm³/mol. The first-order valence-corrected chi connectivity index (χ1v) is 12.1. The Balaban J connectivity index is 0. The summed E-state index contributed by atoms with van der Waals surface area (Å²) in [6, 6.07) is 0. The first-order chi connectivity index (χ1) is 10.8. The second-order valence-electron chi connectivity index (χ2n) is 12.7. The Kier molecular flexibility index (Phi) is 9.99. The molecule has 0 aliphatic heterocycles. The van der Waals surface area contributed by atoms with Crippen LogP contribution in [-0.2, 0) is 0 Å². The highest BCUT2D eigenvalue weighted by Crippen LogP contribution is 2.68. The zero-order valence-electron chi connectivity index (χ0n) is 19.4. The van der Waals surface area contributed by atoms with E-state index in [4.69, 9.17) is 0 Å². The molecule has 0 unspecified atom stereocenters. The number of hydrogen-bond donors (Lipinski definition) is 0. The van der Waals surface area contributed by atoms with Crippen LogP contribution >= 0.6 is 7.26 Å². The summed E-state index contributed by atoms with van der Waals surface area (Å²) in [6.45, 7) is 29.3. The summed E-state index contributed by atoms with van der Waals surface area (Å²) in [5, 5.41) is 0. The summed E-state index contributed by atoms with van der Waals surface area (Å²) in [5.74, 6) is 0. The second kappa shape index (κ2) is 9.14. The van der Waals surface area contributed by atoms with Crippen LogP contribution in [0.1, 0.15) is 83.1 Å². The molecule has 0 aromatic heterocycles. The smallest absolute Gasteiger partial charge is 0.418 e. The summed E-state index contributed by atoms with van der Waals surface area (Å²) in [7, 11) is -6.98. The van der Waals surface area contributed by atoms with Crippen molar-refractivity contribution < 1.29 is 17.3 Å². The molecule has 26 heavy (non-hydrogen) atoms. The number of rotatable bonds is 4. The fraction of sp³-hybridized carbons (Fsp3) is 1.00. The summed E-state index contributed by atoms with van der Waals surface area (Å²) in [6.07, 6.45) is 5.75. The van der Waals surface area contributed by atoms with E-state index in [2.05, 4.69) is 83.1 Å². The van der Waals surface area contributed by atoms with Gasteiger partial charge in [-0.25, -0.2) is 0 Å². The molecule has 0 atom stereocenters. The van der Waals surface area contributed by atoms with Gasteiger partial charge < -0.3 is 17.3 Å². The fourth-order valence-corrected chi connectivity index (χ4v) is 13.1. The topological polar surface area (TPSA) is 0 Å². The van der Waals surface area contributed by atoms with E-state index in [0.717, 1.165) is 0 Å². The van der Waals surface area contributed by atoms with Gasteiger partial charge in [0.2, 0.25) is 0 Å². The lowest BCUT2D eigenvalue weighted by Crippen LogP contribution is -2.34. The van der Waals surface area contributed by atoms with Crippen molar-refractivity contribution in [1.82, 2.24) is 0 Å². The van der Waals surface area contributed by atoms with E-state index >= 15 is 0 Å². The van der Waals surface area contributed by atoms with E-state index in [-0.39, 0.29) is 0 Å². The highest BCUT2D eigenvalue weighted by molar-refractivity contribution is 7.76. The van der Waals surface area contributed by atoms with Crippen LogP contribution in [-0.4, -0.2) is 31.9 Å². The van der Waals surface area contributed by atoms with Crippen molar-refractivity contribution in [2.75, 3.05) is 24.6 Å². The van der Waals surface area contributed by atoms with Gasteiger partial charge in [0.1, 0.15) is 0 Å². The first kappa shape index (κ1) is 28.4. The highest BCUT2D eigenvalue weighted by Gasteiger charge is 2.48. The molecule has 0 bridgehead atoms. The molecule has 0 nitrogen and oxygen atoms in total. The van der Waals surface area contributed by atoms with Crippen LogP contribution in [0.5, 0.6) is 0 Å². The van der Waals surface area contributed by atoms with Gasteiger partial charge in [-0.15, -0.1) is 0 Å². The Hall–Kier alpha value is 0.215. The third kappa shape index (κ3) is 22.3. The molecule has 0 aliphatic rings. The SMILES string of the molecule is CC(C)(C)C[P+](CC(C)(C)C)(CC(C)(C)C)CC(C)(C)C.F[B-](F)(F)F. The molecule has 0 amide bonds. The van der Waals surface area contributed by atoms with Crippen LogP contribution in [0.2, 0.25) is 0 Å². The Morgan fingerprint density at radius 1 is 0.462 bits per heavy atom. The molecule has 0 heterocycles. The van der Waals surface area contributed by atoms with Crippen LogP contribution < -0.4 is 0 Å². The van der Waals surface area contributed by atoms with Crippen LogP contribution in [0.25, 0.3) is 0 Å². The van der Waals surface area contributed by atoms with Gasteiger partial charge in [-0.05, 0) is 21.7 Å². The molecule has 0 aromatic rings. The first-order valence-electron chi connectivity index (χ1n) is 9.55. The molecular weight excluding hydrogens is 358 g/mol. The van der Waals surface area contributed by atoms with Crippen LogP contribution in [0.15, 0.2) is 0 Å². The molecule has 0 spiro atoms. The average Bonchev–Trinajstić information content (AvgIpc) is 1.97. The molecule has 0 radical (unpaired) electrons. The zero-order valence-corrected chi connectivity index (χ0v) is 20.3. The van der Waals surface area contributed by atoms with Crippen LogP contribution in [0.4, 0.5) is 17.3 Å². The summed E-state index contributed by atoms with van der Waals surface area (Å²) in [4.78, 5) is 0. The summed E-state index contributed by atoms with van der Waals surface area (Å²) < 4.78 is 39.0. The lowest BCUT2D eigenvalue weighted by Gasteiger charge is -2.43. The van der Waals surface area contributed by atoms with Crippen molar-refractivity contribution in [3.05, 3.63) is 0 Å². The Morgan fingerprint density at radius 2 is 0.577 bits per heavy atom. The van der Waals surface area contributed by atoms with Gasteiger partial charge in [0.05, 0.1) is 24.6 Å². The molecule has 160 valence electrons. The van der Waals surface area contributed by atoms with Gasteiger partial charge >= 0.3 is 7.25 Å². The van der Waals surface area contributed by atoms with Crippen molar-refractivity contribution in [2.45, 2.75) is 83.1 Å². The van der Waals surface area contributed by atoms with Crippen LogP contribution in [0.3, 0.4) is 0 Å². The van der Waals surface area contributed by atoms with Crippen LogP contribution in [0, 0.1) is 21.7 Å². The standard InChI is InChI=1S/C20H44P.BF4/c1-17(2,3)13-21(14-18(4,5)6,15-19(7,8)9)16-20(10,11)12;2-1(3,4)5/h13-16H2,1-12H3;/q+1;-1. The Labute approximate surface area is 161 Å². The largest absolute Gasteiger partial charge is 0.673 e. The minimum absolute atomic E-state index is 0.440. The Bertz CT molecular complexity index is 328. The maximum atomic E-state index is 9.75. The maximum absolute atomic E-state index is 9.75. The monoisotopic (exact) mass is 402 g/mol. The lowest BCUT2D eigenvalue weighted by molar-refractivity contribution is 0.368. The number of halogens is 4.